The highest BCUT2D eigenvalue weighted by atomic mass is 14.9. The van der Waals surface area contributed by atoms with Gasteiger partial charge in [-0.15, -0.1) is 0 Å². The molecule has 0 aromatic carbocycles. The second-order valence-corrected chi connectivity index (χ2v) is 6.54. The van der Waals surface area contributed by atoms with Crippen molar-refractivity contribution in [2.75, 3.05) is 6.54 Å². The third-order valence-electron chi connectivity index (χ3n) is 5.73. The SMILES string of the molecule is C=C(CC)CC(NCC)C1C2C3CCC(C3)C21. The molecule has 5 unspecified atom stereocenters. The Morgan fingerprint density at radius 3 is 2.41 bits per heavy atom. The van der Waals surface area contributed by atoms with Crippen LogP contribution in [0.15, 0.2) is 12.2 Å². The van der Waals surface area contributed by atoms with E-state index in [4.69, 9.17) is 0 Å². The minimum atomic E-state index is 0.742. The van der Waals surface area contributed by atoms with E-state index < -0.39 is 0 Å². The third-order valence-corrected chi connectivity index (χ3v) is 5.73. The summed E-state index contributed by atoms with van der Waals surface area (Å²) in [6, 6.07) is 0.742. The van der Waals surface area contributed by atoms with Crippen LogP contribution in [0.2, 0.25) is 0 Å². The van der Waals surface area contributed by atoms with E-state index in [9.17, 15) is 0 Å². The van der Waals surface area contributed by atoms with Crippen LogP contribution in [0.3, 0.4) is 0 Å². The van der Waals surface area contributed by atoms with Gasteiger partial charge in [0, 0.05) is 6.04 Å². The molecule has 0 saturated heterocycles. The Labute approximate surface area is 106 Å². The molecule has 17 heavy (non-hydrogen) atoms. The molecule has 0 heterocycles. The van der Waals surface area contributed by atoms with Gasteiger partial charge in [-0.2, -0.15) is 0 Å². The summed E-state index contributed by atoms with van der Waals surface area (Å²) in [4.78, 5) is 0. The van der Waals surface area contributed by atoms with Crippen molar-refractivity contribution < 1.29 is 0 Å². The monoisotopic (exact) mass is 233 g/mol. The van der Waals surface area contributed by atoms with Crippen molar-refractivity contribution in [1.82, 2.24) is 5.32 Å². The van der Waals surface area contributed by atoms with E-state index in [0.29, 0.717) is 0 Å². The van der Waals surface area contributed by atoms with E-state index >= 15 is 0 Å². The van der Waals surface area contributed by atoms with Crippen molar-refractivity contribution in [2.45, 2.75) is 52.0 Å². The molecule has 3 aliphatic carbocycles. The highest BCUT2D eigenvalue weighted by molar-refractivity contribution is 5.17. The molecule has 0 aromatic heterocycles. The van der Waals surface area contributed by atoms with Gasteiger partial charge in [0.05, 0.1) is 0 Å². The van der Waals surface area contributed by atoms with Crippen molar-refractivity contribution >= 4 is 0 Å². The Balaban J connectivity index is 1.64. The number of hydrogen-bond donors (Lipinski definition) is 1. The number of hydrogen-bond acceptors (Lipinski definition) is 1. The lowest BCUT2D eigenvalue weighted by Gasteiger charge is -2.22. The van der Waals surface area contributed by atoms with E-state index in [0.717, 1.165) is 48.6 Å². The van der Waals surface area contributed by atoms with Gasteiger partial charge in [0.2, 0.25) is 0 Å². The van der Waals surface area contributed by atoms with Gasteiger partial charge in [-0.3, -0.25) is 0 Å². The first-order valence-electron chi connectivity index (χ1n) is 7.66. The molecule has 3 rings (SSSR count). The van der Waals surface area contributed by atoms with Crippen LogP contribution in [0.25, 0.3) is 0 Å². The Hall–Kier alpha value is -0.300. The Bertz CT molecular complexity index is 293. The Morgan fingerprint density at radius 1 is 1.24 bits per heavy atom. The van der Waals surface area contributed by atoms with Crippen LogP contribution in [0, 0.1) is 29.6 Å². The molecule has 1 nitrogen and oxygen atoms in total. The maximum atomic E-state index is 4.21. The maximum Gasteiger partial charge on any atom is 0.0138 e. The molecular formula is C16H27N. The molecule has 3 aliphatic rings. The largest absolute Gasteiger partial charge is 0.314 e. The van der Waals surface area contributed by atoms with E-state index in [2.05, 4.69) is 25.7 Å². The zero-order chi connectivity index (χ0) is 12.0. The van der Waals surface area contributed by atoms with Gasteiger partial charge in [0.15, 0.2) is 0 Å². The van der Waals surface area contributed by atoms with Gasteiger partial charge in [0.1, 0.15) is 0 Å². The van der Waals surface area contributed by atoms with Gasteiger partial charge < -0.3 is 5.32 Å². The molecule has 0 radical (unpaired) electrons. The van der Waals surface area contributed by atoms with E-state index in [1.807, 2.05) is 0 Å². The second kappa shape index (κ2) is 4.42. The summed E-state index contributed by atoms with van der Waals surface area (Å²) in [5.74, 6) is 5.41. The second-order valence-electron chi connectivity index (χ2n) is 6.54. The van der Waals surface area contributed by atoms with Crippen molar-refractivity contribution in [1.29, 1.82) is 0 Å². The number of fused-ring (bicyclic) bond motifs is 5. The normalized spacial score (nSPS) is 43.5. The summed E-state index contributed by atoms with van der Waals surface area (Å²) in [7, 11) is 0. The molecule has 0 aliphatic heterocycles. The van der Waals surface area contributed by atoms with E-state index in [1.54, 1.807) is 6.42 Å². The quantitative estimate of drug-likeness (QED) is 0.691. The van der Waals surface area contributed by atoms with Gasteiger partial charge in [-0.25, -0.2) is 0 Å². The molecule has 5 atom stereocenters. The summed E-state index contributed by atoms with van der Waals surface area (Å²) in [6.07, 6.45) is 7.02. The molecule has 3 fully saturated rings. The molecule has 0 spiro atoms. The lowest BCUT2D eigenvalue weighted by molar-refractivity contribution is 0.364. The zero-order valence-corrected chi connectivity index (χ0v) is 11.4. The fraction of sp³-hybridized carbons (Fsp3) is 0.875. The molecular weight excluding hydrogens is 206 g/mol. The van der Waals surface area contributed by atoms with Gasteiger partial charge >= 0.3 is 0 Å². The fourth-order valence-corrected chi connectivity index (χ4v) is 4.99. The summed E-state index contributed by atoms with van der Waals surface area (Å²) in [5, 5.41) is 3.75. The first-order chi connectivity index (χ1) is 8.26. The van der Waals surface area contributed by atoms with Gasteiger partial charge in [-0.1, -0.05) is 26.0 Å². The minimum absolute atomic E-state index is 0.742. The van der Waals surface area contributed by atoms with Crippen molar-refractivity contribution in [3.8, 4) is 0 Å². The first-order valence-corrected chi connectivity index (χ1v) is 7.66. The van der Waals surface area contributed by atoms with Crippen molar-refractivity contribution in [3.05, 3.63) is 12.2 Å². The van der Waals surface area contributed by atoms with Crippen LogP contribution >= 0.6 is 0 Å². The van der Waals surface area contributed by atoms with Crippen LogP contribution in [0.1, 0.15) is 46.0 Å². The molecule has 96 valence electrons. The van der Waals surface area contributed by atoms with Crippen LogP contribution < -0.4 is 5.32 Å². The lowest BCUT2D eigenvalue weighted by atomic mass is 9.93. The van der Waals surface area contributed by atoms with Gasteiger partial charge in [-0.05, 0) is 68.2 Å². The van der Waals surface area contributed by atoms with Crippen LogP contribution in [0.5, 0.6) is 0 Å². The van der Waals surface area contributed by atoms with Crippen LogP contribution in [-0.4, -0.2) is 12.6 Å². The molecule has 0 aromatic rings. The fourth-order valence-electron chi connectivity index (χ4n) is 4.99. The molecule has 2 bridgehead atoms. The minimum Gasteiger partial charge on any atom is -0.314 e. The van der Waals surface area contributed by atoms with Gasteiger partial charge in [0.25, 0.3) is 0 Å². The third kappa shape index (κ3) is 1.87. The number of rotatable bonds is 6. The highest BCUT2D eigenvalue weighted by Crippen LogP contribution is 2.70. The summed E-state index contributed by atoms with van der Waals surface area (Å²) >= 11 is 0. The predicted octanol–water partition coefficient (Wildman–Crippen LogP) is 3.61. The molecule has 0 amide bonds. The zero-order valence-electron chi connectivity index (χ0n) is 11.4. The molecule has 1 N–H and O–H groups in total. The topological polar surface area (TPSA) is 12.0 Å². The summed E-state index contributed by atoms with van der Waals surface area (Å²) in [5.41, 5.74) is 1.44. The van der Waals surface area contributed by atoms with Crippen molar-refractivity contribution in [2.24, 2.45) is 29.6 Å². The molecule has 1 heteroatoms. The maximum absolute atomic E-state index is 4.21. The summed E-state index contributed by atoms with van der Waals surface area (Å²) in [6.45, 7) is 9.81. The highest BCUT2D eigenvalue weighted by Gasteiger charge is 2.66. The lowest BCUT2D eigenvalue weighted by Crippen LogP contribution is -2.33. The standard InChI is InChI=1S/C16H27N/c1-4-10(3)8-13(17-5-2)16-14-11-6-7-12(9-11)15(14)16/h11-17H,3-9H2,1-2H3. The molecule has 3 saturated carbocycles. The Morgan fingerprint density at radius 2 is 1.88 bits per heavy atom. The average molecular weight is 233 g/mol. The number of nitrogens with one attached hydrogen (secondary N) is 1. The Kier molecular flexibility index (Phi) is 3.06. The van der Waals surface area contributed by atoms with Crippen molar-refractivity contribution in [3.63, 3.8) is 0 Å². The predicted molar refractivity (Wildman–Crippen MR) is 72.8 cm³/mol. The average Bonchev–Trinajstić information content (AvgIpc) is 2.76. The van der Waals surface area contributed by atoms with E-state index in [-0.39, 0.29) is 0 Å². The summed E-state index contributed by atoms with van der Waals surface area (Å²) < 4.78 is 0. The van der Waals surface area contributed by atoms with E-state index in [1.165, 1.54) is 24.8 Å². The van der Waals surface area contributed by atoms with Crippen LogP contribution in [-0.2, 0) is 0 Å². The first kappa shape index (κ1) is 11.8. The smallest absolute Gasteiger partial charge is 0.0138 e. The van der Waals surface area contributed by atoms with Crippen LogP contribution in [0.4, 0.5) is 0 Å².